The van der Waals surface area contributed by atoms with E-state index in [0.717, 1.165) is 21.0 Å². The summed E-state index contributed by atoms with van der Waals surface area (Å²) in [4.78, 5) is 22.2. The fourth-order valence-corrected chi connectivity index (χ4v) is 4.73. The minimum absolute atomic E-state index is 0.0180. The number of nitrogens with zero attached hydrogens (tertiary/aromatic N) is 1. The van der Waals surface area contributed by atoms with Gasteiger partial charge in [0.25, 0.3) is 5.56 Å². The summed E-state index contributed by atoms with van der Waals surface area (Å²) in [6.07, 6.45) is 1.67. The molecule has 0 aliphatic carbocycles. The highest BCUT2D eigenvalue weighted by Gasteiger charge is 2.21. The number of quaternary nitrogens is 1. The van der Waals surface area contributed by atoms with Crippen molar-refractivity contribution in [2.24, 2.45) is 0 Å². The standard InChI is InChI=1S/C18H17N3O2S2/c1-10(13-5-3-7-23-13)19-11(2)16-20-17(22)15-12(9-25-18(15)21-16)14-6-4-8-24-14/h3-11,19H,1-2H3,(H,20,21,22)/p+1/t10-,11+/m1/s1. The predicted octanol–water partition coefficient (Wildman–Crippen LogP) is 3.69. The Bertz CT molecular complexity index is 1030. The summed E-state index contributed by atoms with van der Waals surface area (Å²) >= 11 is 3.15. The number of thiophene rings is 2. The van der Waals surface area contributed by atoms with E-state index in [-0.39, 0.29) is 17.6 Å². The van der Waals surface area contributed by atoms with Crippen LogP contribution in [-0.4, -0.2) is 9.97 Å². The lowest BCUT2D eigenvalue weighted by Gasteiger charge is -2.14. The summed E-state index contributed by atoms with van der Waals surface area (Å²) in [5.41, 5.74) is 0.895. The Morgan fingerprint density at radius 3 is 2.80 bits per heavy atom. The van der Waals surface area contributed by atoms with Crippen molar-refractivity contribution in [2.45, 2.75) is 25.9 Å². The maximum Gasteiger partial charge on any atom is 0.260 e. The molecule has 0 radical (unpaired) electrons. The van der Waals surface area contributed by atoms with Gasteiger partial charge >= 0.3 is 0 Å². The number of hydrogen-bond donors (Lipinski definition) is 2. The maximum absolute atomic E-state index is 12.7. The first-order valence-electron chi connectivity index (χ1n) is 8.07. The van der Waals surface area contributed by atoms with Crippen molar-refractivity contribution in [3.63, 3.8) is 0 Å². The summed E-state index contributed by atoms with van der Waals surface area (Å²) in [5.74, 6) is 1.60. The molecule has 7 heteroatoms. The third-order valence-electron chi connectivity index (χ3n) is 4.25. The van der Waals surface area contributed by atoms with Gasteiger partial charge in [0.2, 0.25) is 0 Å². The topological polar surface area (TPSA) is 75.5 Å². The lowest BCUT2D eigenvalue weighted by Crippen LogP contribution is -2.85. The second kappa shape index (κ2) is 6.59. The van der Waals surface area contributed by atoms with E-state index in [1.807, 2.05) is 41.9 Å². The van der Waals surface area contributed by atoms with Gasteiger partial charge in [0, 0.05) is 15.8 Å². The molecule has 4 heterocycles. The highest BCUT2D eigenvalue weighted by molar-refractivity contribution is 7.18. The van der Waals surface area contributed by atoms with Gasteiger partial charge in [-0.15, -0.1) is 22.7 Å². The zero-order valence-electron chi connectivity index (χ0n) is 13.9. The summed E-state index contributed by atoms with van der Waals surface area (Å²) in [6, 6.07) is 8.03. The van der Waals surface area contributed by atoms with Crippen LogP contribution in [0.2, 0.25) is 0 Å². The number of H-pyrrole nitrogens is 1. The monoisotopic (exact) mass is 372 g/mol. The maximum atomic E-state index is 12.7. The fourth-order valence-electron chi connectivity index (χ4n) is 2.96. The second-order valence-corrected chi connectivity index (χ2v) is 7.85. The van der Waals surface area contributed by atoms with Crippen LogP contribution in [-0.2, 0) is 0 Å². The van der Waals surface area contributed by atoms with Crippen LogP contribution >= 0.6 is 22.7 Å². The average Bonchev–Trinajstić information content (AvgIpc) is 3.34. The van der Waals surface area contributed by atoms with Crippen molar-refractivity contribution >= 4 is 32.9 Å². The molecule has 4 aromatic heterocycles. The zero-order chi connectivity index (χ0) is 17.4. The average molecular weight is 372 g/mol. The number of fused-ring (bicyclic) bond motifs is 1. The number of furan rings is 1. The van der Waals surface area contributed by atoms with Gasteiger partial charge in [0.1, 0.15) is 16.9 Å². The molecule has 4 aromatic rings. The molecule has 0 aromatic carbocycles. The first-order valence-corrected chi connectivity index (χ1v) is 9.83. The number of aromatic nitrogens is 2. The molecule has 2 atom stereocenters. The van der Waals surface area contributed by atoms with E-state index in [2.05, 4.69) is 17.2 Å². The third-order valence-corrected chi connectivity index (χ3v) is 6.02. The number of hydrogen-bond acceptors (Lipinski definition) is 5. The SMILES string of the molecule is C[C@H]([NH2+][C@H](C)c1ccco1)c1nc2scc(-c3cccs3)c2c(=O)[nH]1. The molecule has 3 N–H and O–H groups in total. The Hall–Kier alpha value is -2.22. The first-order chi connectivity index (χ1) is 12.1. The summed E-state index contributed by atoms with van der Waals surface area (Å²) in [7, 11) is 0. The third kappa shape index (κ3) is 3.06. The molecule has 0 fully saturated rings. The van der Waals surface area contributed by atoms with Crippen molar-refractivity contribution in [1.82, 2.24) is 9.97 Å². The van der Waals surface area contributed by atoms with Crippen LogP contribution in [0.15, 0.2) is 50.5 Å². The van der Waals surface area contributed by atoms with E-state index in [4.69, 9.17) is 9.40 Å². The molecular weight excluding hydrogens is 354 g/mol. The fraction of sp³-hybridized carbons (Fsp3) is 0.222. The number of nitrogens with two attached hydrogens (primary N) is 1. The van der Waals surface area contributed by atoms with Crippen LogP contribution in [0.25, 0.3) is 20.7 Å². The van der Waals surface area contributed by atoms with Crippen LogP contribution in [0.3, 0.4) is 0 Å². The van der Waals surface area contributed by atoms with Gasteiger partial charge in [-0.05, 0) is 37.4 Å². The zero-order valence-corrected chi connectivity index (χ0v) is 15.5. The van der Waals surface area contributed by atoms with E-state index in [1.54, 1.807) is 17.6 Å². The normalized spacial score (nSPS) is 14.0. The van der Waals surface area contributed by atoms with Gasteiger partial charge < -0.3 is 14.7 Å². The number of nitrogens with one attached hydrogen (secondary N) is 1. The Morgan fingerprint density at radius 2 is 2.08 bits per heavy atom. The van der Waals surface area contributed by atoms with E-state index in [0.29, 0.717) is 11.2 Å². The molecule has 0 amide bonds. The highest BCUT2D eigenvalue weighted by Crippen LogP contribution is 2.33. The quantitative estimate of drug-likeness (QED) is 0.561. The molecule has 5 nitrogen and oxygen atoms in total. The number of rotatable bonds is 5. The second-order valence-electron chi connectivity index (χ2n) is 6.04. The van der Waals surface area contributed by atoms with Crippen LogP contribution in [0.4, 0.5) is 0 Å². The Labute approximate surface area is 152 Å². The minimum atomic E-state index is -0.0736. The lowest BCUT2D eigenvalue weighted by molar-refractivity contribution is -0.731. The molecule has 0 spiro atoms. The Morgan fingerprint density at radius 1 is 1.20 bits per heavy atom. The van der Waals surface area contributed by atoms with Crippen LogP contribution in [0, 0.1) is 0 Å². The van der Waals surface area contributed by atoms with Crippen molar-refractivity contribution in [2.75, 3.05) is 0 Å². The lowest BCUT2D eigenvalue weighted by atomic mass is 10.2. The highest BCUT2D eigenvalue weighted by atomic mass is 32.1. The van der Waals surface area contributed by atoms with Crippen LogP contribution in [0.5, 0.6) is 0 Å². The summed E-state index contributed by atoms with van der Waals surface area (Å²) < 4.78 is 5.45. The van der Waals surface area contributed by atoms with Gasteiger partial charge in [-0.2, -0.15) is 0 Å². The molecule has 0 bridgehead atoms. The van der Waals surface area contributed by atoms with Crippen molar-refractivity contribution in [3.8, 4) is 10.4 Å². The first kappa shape index (κ1) is 16.3. The molecule has 0 saturated carbocycles. The molecule has 0 aliphatic rings. The smallest absolute Gasteiger partial charge is 0.260 e. The largest absolute Gasteiger partial charge is 0.463 e. The van der Waals surface area contributed by atoms with Gasteiger partial charge in [-0.1, -0.05) is 6.07 Å². The molecule has 0 aliphatic heterocycles. The molecule has 4 rings (SSSR count). The van der Waals surface area contributed by atoms with Crippen molar-refractivity contribution in [3.05, 3.63) is 63.2 Å². The van der Waals surface area contributed by atoms with Crippen LogP contribution < -0.4 is 10.9 Å². The summed E-state index contributed by atoms with van der Waals surface area (Å²) in [5, 5.41) is 6.85. The summed E-state index contributed by atoms with van der Waals surface area (Å²) in [6.45, 7) is 4.11. The van der Waals surface area contributed by atoms with Gasteiger partial charge in [-0.25, -0.2) is 4.98 Å². The Balaban J connectivity index is 1.66. The number of aromatic amines is 1. The van der Waals surface area contributed by atoms with E-state index in [1.165, 1.54) is 11.3 Å². The molecule has 0 unspecified atom stereocenters. The van der Waals surface area contributed by atoms with Crippen LogP contribution in [0.1, 0.15) is 37.5 Å². The van der Waals surface area contributed by atoms with E-state index >= 15 is 0 Å². The Kier molecular flexibility index (Phi) is 4.29. The van der Waals surface area contributed by atoms with Gasteiger partial charge in [0.05, 0.1) is 11.6 Å². The molecular formula is C18H18N3O2S2+. The molecule has 0 saturated heterocycles. The predicted molar refractivity (Wildman–Crippen MR) is 101 cm³/mol. The minimum Gasteiger partial charge on any atom is -0.463 e. The van der Waals surface area contributed by atoms with Crippen molar-refractivity contribution in [1.29, 1.82) is 0 Å². The molecule has 25 heavy (non-hydrogen) atoms. The van der Waals surface area contributed by atoms with Gasteiger partial charge in [-0.3, -0.25) is 4.79 Å². The van der Waals surface area contributed by atoms with E-state index < -0.39 is 0 Å². The van der Waals surface area contributed by atoms with E-state index in [9.17, 15) is 4.79 Å². The van der Waals surface area contributed by atoms with Crippen molar-refractivity contribution < 1.29 is 9.73 Å². The van der Waals surface area contributed by atoms with Gasteiger partial charge in [0.15, 0.2) is 11.6 Å². The molecule has 128 valence electrons.